The van der Waals surface area contributed by atoms with Crippen molar-refractivity contribution in [2.45, 2.75) is 19.6 Å². The van der Waals surface area contributed by atoms with E-state index in [4.69, 9.17) is 14.2 Å². The van der Waals surface area contributed by atoms with Crippen molar-refractivity contribution < 1.29 is 23.8 Å². The van der Waals surface area contributed by atoms with E-state index < -0.39 is 12.1 Å². The first-order valence-corrected chi connectivity index (χ1v) is 9.62. The molecule has 6 heteroatoms. The summed E-state index contributed by atoms with van der Waals surface area (Å²) < 4.78 is 16.2. The highest BCUT2D eigenvalue weighted by Crippen LogP contribution is 2.42. The number of hydrogen-bond donors (Lipinski definition) is 0. The number of fused-ring (bicyclic) bond motifs is 3. The Kier molecular flexibility index (Phi) is 4.88. The Balaban J connectivity index is 1.50. The SMILES string of the molecule is COc1ccc(C(=O)[C@@H](C)OC(=O)c2cc3c(s2)-c2ccccc2OC3)cc1. The van der Waals surface area contributed by atoms with Crippen LogP contribution in [0.1, 0.15) is 32.5 Å². The van der Waals surface area contributed by atoms with Crippen LogP contribution in [0.3, 0.4) is 0 Å². The van der Waals surface area contributed by atoms with Gasteiger partial charge in [0, 0.05) is 21.6 Å². The van der Waals surface area contributed by atoms with Gasteiger partial charge >= 0.3 is 5.97 Å². The van der Waals surface area contributed by atoms with Crippen LogP contribution in [0.25, 0.3) is 10.4 Å². The normalized spacial score (nSPS) is 12.9. The summed E-state index contributed by atoms with van der Waals surface area (Å²) in [6.07, 6.45) is -0.886. The van der Waals surface area contributed by atoms with Crippen molar-refractivity contribution >= 4 is 23.1 Å². The molecule has 0 fully saturated rings. The second kappa shape index (κ2) is 7.48. The van der Waals surface area contributed by atoms with Crippen LogP contribution in [0.5, 0.6) is 11.5 Å². The van der Waals surface area contributed by atoms with Crippen molar-refractivity contribution in [1.82, 2.24) is 0 Å². The number of para-hydroxylation sites is 1. The van der Waals surface area contributed by atoms with Gasteiger partial charge in [0.15, 0.2) is 6.10 Å². The minimum atomic E-state index is -0.886. The first-order valence-electron chi connectivity index (χ1n) is 8.81. The van der Waals surface area contributed by atoms with Gasteiger partial charge in [0.2, 0.25) is 5.78 Å². The number of methoxy groups -OCH3 is 1. The minimum Gasteiger partial charge on any atom is -0.497 e. The van der Waals surface area contributed by atoms with Gasteiger partial charge in [-0.1, -0.05) is 12.1 Å². The fourth-order valence-electron chi connectivity index (χ4n) is 3.06. The lowest BCUT2D eigenvalue weighted by atomic mass is 10.1. The highest BCUT2D eigenvalue weighted by Gasteiger charge is 2.25. The molecule has 3 aromatic rings. The Bertz CT molecular complexity index is 1040. The molecule has 142 valence electrons. The lowest BCUT2D eigenvalue weighted by Gasteiger charge is -2.16. The van der Waals surface area contributed by atoms with E-state index in [1.807, 2.05) is 24.3 Å². The zero-order valence-corrected chi connectivity index (χ0v) is 16.2. The maximum Gasteiger partial charge on any atom is 0.349 e. The molecular weight excluding hydrogens is 376 g/mol. The lowest BCUT2D eigenvalue weighted by molar-refractivity contribution is 0.0323. The van der Waals surface area contributed by atoms with Gasteiger partial charge in [0.1, 0.15) is 23.0 Å². The fraction of sp³-hybridized carbons (Fsp3) is 0.182. The largest absolute Gasteiger partial charge is 0.497 e. The van der Waals surface area contributed by atoms with Gasteiger partial charge in [-0.15, -0.1) is 11.3 Å². The number of rotatable bonds is 5. The monoisotopic (exact) mass is 394 g/mol. The highest BCUT2D eigenvalue weighted by atomic mass is 32.1. The van der Waals surface area contributed by atoms with Gasteiger partial charge in [0.25, 0.3) is 0 Å². The van der Waals surface area contributed by atoms with Gasteiger partial charge in [-0.05, 0) is 49.4 Å². The van der Waals surface area contributed by atoms with E-state index in [1.54, 1.807) is 44.4 Å². The molecule has 1 aliphatic rings. The molecule has 0 saturated heterocycles. The molecule has 0 aliphatic carbocycles. The third kappa shape index (κ3) is 3.39. The van der Waals surface area contributed by atoms with E-state index in [1.165, 1.54) is 11.3 Å². The summed E-state index contributed by atoms with van der Waals surface area (Å²) in [6.45, 7) is 1.99. The maximum atomic E-state index is 12.6. The van der Waals surface area contributed by atoms with Crippen molar-refractivity contribution in [3.8, 4) is 21.9 Å². The summed E-state index contributed by atoms with van der Waals surface area (Å²) in [5.74, 6) is 0.699. The second-order valence-electron chi connectivity index (χ2n) is 6.39. The van der Waals surface area contributed by atoms with E-state index in [-0.39, 0.29) is 5.78 Å². The van der Waals surface area contributed by atoms with Crippen molar-refractivity contribution in [3.05, 3.63) is 70.6 Å². The van der Waals surface area contributed by atoms with Gasteiger partial charge < -0.3 is 14.2 Å². The Morgan fingerprint density at radius 1 is 1.11 bits per heavy atom. The quantitative estimate of drug-likeness (QED) is 0.462. The predicted molar refractivity (Wildman–Crippen MR) is 106 cm³/mol. The van der Waals surface area contributed by atoms with Crippen LogP contribution in [-0.2, 0) is 11.3 Å². The first kappa shape index (κ1) is 18.3. The van der Waals surface area contributed by atoms with Crippen LogP contribution in [0.2, 0.25) is 0 Å². The summed E-state index contributed by atoms with van der Waals surface area (Å²) in [6, 6.07) is 16.2. The first-order chi connectivity index (χ1) is 13.6. The molecule has 0 N–H and O–H groups in total. The summed E-state index contributed by atoms with van der Waals surface area (Å²) in [5, 5.41) is 0. The third-order valence-corrected chi connectivity index (χ3v) is 5.74. The average molecular weight is 394 g/mol. The highest BCUT2D eigenvalue weighted by molar-refractivity contribution is 7.17. The third-order valence-electron chi connectivity index (χ3n) is 4.55. The number of ketones is 1. The molecule has 28 heavy (non-hydrogen) atoms. The van der Waals surface area contributed by atoms with Crippen LogP contribution in [0, 0.1) is 0 Å². The maximum absolute atomic E-state index is 12.6. The summed E-state index contributed by atoms with van der Waals surface area (Å²) in [4.78, 5) is 26.6. The minimum absolute atomic E-state index is 0.258. The van der Waals surface area contributed by atoms with Crippen LogP contribution >= 0.6 is 11.3 Å². The smallest absolute Gasteiger partial charge is 0.349 e. The zero-order valence-electron chi connectivity index (χ0n) is 15.4. The standard InChI is InChI=1S/C22H18O5S/c1-13(20(23)14-7-9-16(25-2)10-8-14)27-22(24)19-11-15-12-26-18-6-4-3-5-17(18)21(15)28-19/h3-11,13H,12H2,1-2H3/t13-/m1/s1. The molecule has 4 rings (SSSR count). The molecule has 2 aromatic carbocycles. The Labute approximate surface area is 166 Å². The second-order valence-corrected chi connectivity index (χ2v) is 7.44. The predicted octanol–water partition coefficient (Wildman–Crippen LogP) is 4.74. The van der Waals surface area contributed by atoms with E-state index in [9.17, 15) is 9.59 Å². The number of ether oxygens (including phenoxy) is 3. The summed E-state index contributed by atoms with van der Waals surface area (Å²) >= 11 is 1.36. The molecule has 0 bridgehead atoms. The molecule has 1 aliphatic heterocycles. The topological polar surface area (TPSA) is 61.8 Å². The number of esters is 1. The average Bonchev–Trinajstić information content (AvgIpc) is 3.18. The molecule has 5 nitrogen and oxygen atoms in total. The van der Waals surface area contributed by atoms with Crippen LogP contribution in [0.4, 0.5) is 0 Å². The number of Topliss-reactive ketones (excluding diaryl/α,β-unsaturated/α-hetero) is 1. The van der Waals surface area contributed by atoms with E-state index in [2.05, 4.69) is 0 Å². The molecule has 0 radical (unpaired) electrons. The summed E-state index contributed by atoms with van der Waals surface area (Å²) in [7, 11) is 1.56. The molecule has 0 amide bonds. The fourth-order valence-corrected chi connectivity index (χ4v) is 4.14. The number of carbonyl (C=O) groups excluding carboxylic acids is 2. The van der Waals surface area contributed by atoms with E-state index >= 15 is 0 Å². The van der Waals surface area contributed by atoms with Gasteiger partial charge in [-0.3, -0.25) is 4.79 Å². The Morgan fingerprint density at radius 3 is 2.61 bits per heavy atom. The van der Waals surface area contributed by atoms with Crippen molar-refractivity contribution in [2.75, 3.05) is 7.11 Å². The van der Waals surface area contributed by atoms with E-state index in [0.29, 0.717) is 22.8 Å². The van der Waals surface area contributed by atoms with E-state index in [0.717, 1.165) is 21.8 Å². The van der Waals surface area contributed by atoms with Crippen molar-refractivity contribution in [2.24, 2.45) is 0 Å². The Hall–Kier alpha value is -3.12. The van der Waals surface area contributed by atoms with Crippen LogP contribution in [0.15, 0.2) is 54.6 Å². The molecular formula is C22H18O5S. The van der Waals surface area contributed by atoms with Gasteiger partial charge in [-0.25, -0.2) is 4.79 Å². The number of carbonyl (C=O) groups is 2. The van der Waals surface area contributed by atoms with Crippen molar-refractivity contribution in [1.29, 1.82) is 0 Å². The lowest BCUT2D eigenvalue weighted by Crippen LogP contribution is -2.24. The number of thiophene rings is 1. The molecule has 0 unspecified atom stereocenters. The van der Waals surface area contributed by atoms with Gasteiger partial charge in [0.05, 0.1) is 7.11 Å². The molecule has 0 spiro atoms. The Morgan fingerprint density at radius 2 is 1.86 bits per heavy atom. The zero-order chi connectivity index (χ0) is 19.7. The van der Waals surface area contributed by atoms with Crippen LogP contribution in [-0.4, -0.2) is 25.0 Å². The van der Waals surface area contributed by atoms with Gasteiger partial charge in [-0.2, -0.15) is 0 Å². The van der Waals surface area contributed by atoms with Crippen LogP contribution < -0.4 is 9.47 Å². The summed E-state index contributed by atoms with van der Waals surface area (Å²) in [5.41, 5.74) is 2.38. The van der Waals surface area contributed by atoms with Crippen molar-refractivity contribution in [3.63, 3.8) is 0 Å². The number of benzene rings is 2. The molecule has 0 saturated carbocycles. The molecule has 1 atom stereocenters. The molecule has 2 heterocycles. The number of hydrogen-bond acceptors (Lipinski definition) is 6. The molecule has 1 aromatic heterocycles.